The summed E-state index contributed by atoms with van der Waals surface area (Å²) in [5.74, 6) is 2.25. The molecule has 3 rings (SSSR count). The normalized spacial score (nSPS) is 29.5. The number of hydrogen-bond acceptors (Lipinski definition) is 4. The van der Waals surface area contributed by atoms with Crippen LogP contribution in [0.4, 0.5) is 0 Å². The van der Waals surface area contributed by atoms with E-state index in [9.17, 15) is 13.2 Å². The van der Waals surface area contributed by atoms with Crippen molar-refractivity contribution in [2.24, 2.45) is 22.9 Å². The molecule has 2 aliphatic rings. The molecule has 0 bridgehead atoms. The van der Waals surface area contributed by atoms with Crippen molar-refractivity contribution in [1.29, 1.82) is 0 Å². The zero-order valence-corrected chi connectivity index (χ0v) is 15.0. The number of benzene rings is 1. The van der Waals surface area contributed by atoms with Crippen LogP contribution < -0.4 is 9.32 Å². The van der Waals surface area contributed by atoms with Crippen LogP contribution in [-0.2, 0) is 21.5 Å². The molecule has 5 nitrogen and oxygen atoms in total. The Morgan fingerprint density at radius 3 is 2.71 bits per heavy atom. The Morgan fingerprint density at radius 2 is 2.04 bits per heavy atom. The molecule has 1 aromatic carbocycles. The lowest BCUT2D eigenvalue weighted by Crippen LogP contribution is -2.38. The fourth-order valence-corrected chi connectivity index (χ4v) is 5.11. The topological polar surface area (TPSA) is 86.5 Å². The first kappa shape index (κ1) is 17.4. The quantitative estimate of drug-likeness (QED) is 0.903. The van der Waals surface area contributed by atoms with Gasteiger partial charge in [0.25, 0.3) is 0 Å². The Balaban J connectivity index is 1.84. The third-order valence-corrected chi connectivity index (χ3v) is 6.28. The Hall–Kier alpha value is -1.40. The van der Waals surface area contributed by atoms with Gasteiger partial charge in [0.05, 0.1) is 0 Å². The van der Waals surface area contributed by atoms with Crippen molar-refractivity contribution in [3.63, 3.8) is 0 Å². The van der Waals surface area contributed by atoms with Crippen molar-refractivity contribution in [2.45, 2.75) is 51.9 Å². The molecule has 2 aliphatic carbocycles. The second-order valence-electron chi connectivity index (χ2n) is 7.11. The number of fused-ring (bicyclic) bond motifs is 3. The summed E-state index contributed by atoms with van der Waals surface area (Å²) in [6.07, 6.45) is 4.51. The SMILES string of the molecule is CCC(=O)C1CCC2c3ccc(OS(N)(=O)=O)cc3CCC2C1C. The van der Waals surface area contributed by atoms with Crippen LogP contribution >= 0.6 is 0 Å². The molecule has 0 heterocycles. The summed E-state index contributed by atoms with van der Waals surface area (Å²) in [4.78, 5) is 12.2. The molecular formula is C18H25NO4S. The molecule has 1 aromatic rings. The van der Waals surface area contributed by atoms with Gasteiger partial charge in [0, 0.05) is 12.3 Å². The average molecular weight is 351 g/mol. The number of ketones is 1. The van der Waals surface area contributed by atoms with Crippen LogP contribution in [0.3, 0.4) is 0 Å². The Kier molecular flexibility index (Phi) is 4.71. The molecule has 0 aromatic heterocycles. The van der Waals surface area contributed by atoms with Crippen LogP contribution in [0.15, 0.2) is 18.2 Å². The smallest absolute Gasteiger partial charge is 0.371 e. The minimum Gasteiger partial charge on any atom is -0.371 e. The van der Waals surface area contributed by atoms with E-state index in [-0.39, 0.29) is 11.7 Å². The van der Waals surface area contributed by atoms with Crippen LogP contribution in [-0.4, -0.2) is 14.2 Å². The zero-order chi connectivity index (χ0) is 17.5. The molecule has 4 atom stereocenters. The molecule has 132 valence electrons. The van der Waals surface area contributed by atoms with Gasteiger partial charge in [-0.25, -0.2) is 0 Å². The van der Waals surface area contributed by atoms with E-state index in [1.54, 1.807) is 12.1 Å². The molecule has 0 aliphatic heterocycles. The van der Waals surface area contributed by atoms with Crippen LogP contribution in [0, 0.1) is 17.8 Å². The second kappa shape index (κ2) is 6.48. The first-order valence-electron chi connectivity index (χ1n) is 8.68. The molecule has 0 saturated heterocycles. The van der Waals surface area contributed by atoms with Gasteiger partial charge in [-0.05, 0) is 66.7 Å². The molecule has 0 radical (unpaired) electrons. The molecule has 24 heavy (non-hydrogen) atoms. The molecule has 4 unspecified atom stereocenters. The van der Waals surface area contributed by atoms with E-state index in [1.165, 1.54) is 5.56 Å². The van der Waals surface area contributed by atoms with Gasteiger partial charge in [0.15, 0.2) is 0 Å². The number of rotatable bonds is 4. The molecule has 1 saturated carbocycles. The first-order valence-corrected chi connectivity index (χ1v) is 10.1. The Labute approximate surface area is 143 Å². The highest BCUT2D eigenvalue weighted by Gasteiger charge is 2.42. The van der Waals surface area contributed by atoms with Crippen molar-refractivity contribution in [3.8, 4) is 5.75 Å². The lowest BCUT2D eigenvalue weighted by atomic mass is 9.59. The van der Waals surface area contributed by atoms with Crippen LogP contribution in [0.25, 0.3) is 0 Å². The lowest BCUT2D eigenvalue weighted by Gasteiger charge is -2.44. The van der Waals surface area contributed by atoms with Gasteiger partial charge in [-0.2, -0.15) is 13.6 Å². The largest absolute Gasteiger partial charge is 0.380 e. The van der Waals surface area contributed by atoms with Gasteiger partial charge in [0.2, 0.25) is 0 Å². The summed E-state index contributed by atoms with van der Waals surface area (Å²) in [5.41, 5.74) is 2.42. The van der Waals surface area contributed by atoms with Gasteiger partial charge < -0.3 is 4.18 Å². The summed E-state index contributed by atoms with van der Waals surface area (Å²) in [7, 11) is -3.99. The first-order chi connectivity index (χ1) is 11.3. The van der Waals surface area contributed by atoms with E-state index >= 15 is 0 Å². The van der Waals surface area contributed by atoms with E-state index in [2.05, 4.69) is 6.92 Å². The number of hydrogen-bond donors (Lipinski definition) is 1. The number of carbonyl (C=O) groups is 1. The van der Waals surface area contributed by atoms with Crippen molar-refractivity contribution >= 4 is 16.1 Å². The summed E-state index contributed by atoms with van der Waals surface area (Å²) >= 11 is 0. The van der Waals surface area contributed by atoms with Gasteiger partial charge >= 0.3 is 10.3 Å². The molecule has 0 spiro atoms. The minimum absolute atomic E-state index is 0.197. The van der Waals surface area contributed by atoms with E-state index in [0.717, 1.165) is 31.2 Å². The van der Waals surface area contributed by atoms with Crippen molar-refractivity contribution in [2.75, 3.05) is 0 Å². The van der Waals surface area contributed by atoms with Gasteiger partial charge in [-0.1, -0.05) is 19.9 Å². The lowest BCUT2D eigenvalue weighted by molar-refractivity contribution is -0.126. The summed E-state index contributed by atoms with van der Waals surface area (Å²) in [5, 5.41) is 4.94. The predicted molar refractivity (Wildman–Crippen MR) is 91.9 cm³/mol. The number of aryl methyl sites for hydroxylation is 1. The van der Waals surface area contributed by atoms with Gasteiger partial charge in [-0.3, -0.25) is 4.79 Å². The fourth-order valence-electron chi connectivity index (χ4n) is 4.74. The Morgan fingerprint density at radius 1 is 1.29 bits per heavy atom. The minimum atomic E-state index is -3.99. The van der Waals surface area contributed by atoms with Crippen molar-refractivity contribution in [3.05, 3.63) is 29.3 Å². The van der Waals surface area contributed by atoms with Crippen molar-refractivity contribution < 1.29 is 17.4 Å². The summed E-state index contributed by atoms with van der Waals surface area (Å²) < 4.78 is 27.0. The molecule has 1 fully saturated rings. The predicted octanol–water partition coefficient (Wildman–Crippen LogP) is 2.94. The van der Waals surface area contributed by atoms with Gasteiger partial charge in [-0.15, -0.1) is 0 Å². The zero-order valence-electron chi connectivity index (χ0n) is 14.2. The monoisotopic (exact) mass is 351 g/mol. The maximum Gasteiger partial charge on any atom is 0.380 e. The van der Waals surface area contributed by atoms with E-state index in [4.69, 9.17) is 9.32 Å². The highest BCUT2D eigenvalue weighted by Crippen LogP contribution is 2.50. The third-order valence-electron chi connectivity index (χ3n) is 5.85. The van der Waals surface area contributed by atoms with Crippen LogP contribution in [0.5, 0.6) is 5.75 Å². The van der Waals surface area contributed by atoms with Crippen molar-refractivity contribution in [1.82, 2.24) is 0 Å². The van der Waals surface area contributed by atoms with E-state index in [0.29, 0.717) is 30.0 Å². The van der Waals surface area contributed by atoms with Crippen LogP contribution in [0.1, 0.15) is 56.6 Å². The molecular weight excluding hydrogens is 326 g/mol. The average Bonchev–Trinajstić information content (AvgIpc) is 2.52. The number of carbonyl (C=O) groups excluding carboxylic acids is 1. The summed E-state index contributed by atoms with van der Waals surface area (Å²) in [6, 6.07) is 5.45. The highest BCUT2D eigenvalue weighted by atomic mass is 32.2. The Bertz CT molecular complexity index is 743. The summed E-state index contributed by atoms with van der Waals surface area (Å²) in [6.45, 7) is 4.17. The van der Waals surface area contributed by atoms with Gasteiger partial charge in [0.1, 0.15) is 11.5 Å². The number of nitrogens with two attached hydrogens (primary N) is 1. The standard InChI is InChI=1S/C18H25NO4S/c1-3-18(20)15-8-9-17-14(11(15)2)6-4-12-10-13(5-7-16(12)17)23-24(19,21)22/h5,7,10-11,14-15,17H,3-4,6,8-9H2,1-2H3,(H2,19,21,22). The second-order valence-corrected chi connectivity index (χ2v) is 8.26. The van der Waals surface area contributed by atoms with E-state index < -0.39 is 10.3 Å². The number of Topliss-reactive ketones (excluding diaryl/α,β-unsaturated/α-hetero) is 1. The third kappa shape index (κ3) is 3.35. The highest BCUT2D eigenvalue weighted by molar-refractivity contribution is 7.84. The van der Waals surface area contributed by atoms with Crippen LogP contribution in [0.2, 0.25) is 0 Å². The molecule has 6 heteroatoms. The maximum absolute atomic E-state index is 12.2. The van der Waals surface area contributed by atoms with E-state index in [1.807, 2.05) is 13.0 Å². The molecule has 2 N–H and O–H groups in total. The maximum atomic E-state index is 12.2. The molecule has 0 amide bonds. The fraction of sp³-hybridized carbons (Fsp3) is 0.611.